The highest BCUT2D eigenvalue weighted by molar-refractivity contribution is 7.98. The van der Waals surface area contributed by atoms with Gasteiger partial charge in [0.1, 0.15) is 11.7 Å². The number of carbonyl (C=O) groups is 4. The molecule has 44 heavy (non-hydrogen) atoms. The summed E-state index contributed by atoms with van der Waals surface area (Å²) in [6, 6.07) is 23.6. The van der Waals surface area contributed by atoms with E-state index >= 15 is 0 Å². The highest BCUT2D eigenvalue weighted by atomic mass is 32.2. The maximum atomic E-state index is 13.8. The monoisotopic (exact) mass is 607 g/mol. The molecule has 2 atom stereocenters. The number of nitrogens with zero attached hydrogens (tertiary/aromatic N) is 3. The molecule has 2 amide bonds. The van der Waals surface area contributed by atoms with Gasteiger partial charge in [-0.25, -0.2) is 9.48 Å². The van der Waals surface area contributed by atoms with Gasteiger partial charge in [0, 0.05) is 27.5 Å². The van der Waals surface area contributed by atoms with Crippen molar-refractivity contribution < 1.29 is 24.3 Å². The number of carboxylic acids is 1. The molecule has 0 fully saturated rings. The number of para-hydroxylation sites is 2. The topological polar surface area (TPSA) is 154 Å². The highest BCUT2D eigenvalue weighted by Gasteiger charge is 2.37. The van der Waals surface area contributed by atoms with Crippen LogP contribution in [0.1, 0.15) is 46.7 Å². The van der Waals surface area contributed by atoms with Gasteiger partial charge in [0.2, 0.25) is 11.7 Å². The second-order valence-corrected chi connectivity index (χ2v) is 11.7. The molecule has 1 aliphatic heterocycles. The van der Waals surface area contributed by atoms with Gasteiger partial charge in [-0.15, -0.1) is 11.8 Å². The van der Waals surface area contributed by atoms with Crippen molar-refractivity contribution in [1.82, 2.24) is 15.1 Å². The van der Waals surface area contributed by atoms with E-state index in [-0.39, 0.29) is 23.8 Å². The van der Waals surface area contributed by atoms with Crippen LogP contribution >= 0.6 is 11.8 Å². The molecule has 0 aliphatic carbocycles. The summed E-state index contributed by atoms with van der Waals surface area (Å²) in [5.41, 5.74) is 3.10. The van der Waals surface area contributed by atoms with Gasteiger partial charge in [-0.2, -0.15) is 10.4 Å². The van der Waals surface area contributed by atoms with Gasteiger partial charge in [0.05, 0.1) is 23.0 Å². The number of Topliss-reactive ketones (excluding diaryl/α,β-unsaturated/α-hetero) is 1. The average molecular weight is 608 g/mol. The summed E-state index contributed by atoms with van der Waals surface area (Å²) in [7, 11) is 0. The minimum Gasteiger partial charge on any atom is -0.480 e. The van der Waals surface area contributed by atoms with Crippen LogP contribution in [-0.4, -0.2) is 44.5 Å². The van der Waals surface area contributed by atoms with Gasteiger partial charge >= 0.3 is 5.97 Å². The van der Waals surface area contributed by atoms with Crippen LogP contribution < -0.4 is 10.6 Å². The van der Waals surface area contributed by atoms with E-state index in [1.165, 1.54) is 11.8 Å². The standard InChI is InChI=1S/C33H29N5O5S/c1-19(2)16-26(33(42)43)36-31(40)23-15-9-14-22-28-25(18-44-30(22)23)27(37-38(28)21-12-7-4-8-13-21)29(39)24(17-34)32(41)35-20-10-5-3-6-11-20/h3-15,19,24,26H,16,18H2,1-2H3,(H,35,41)(H,36,40)(H,42,43)/t24?,26-/m0/s1. The minimum atomic E-state index is -1.64. The largest absolute Gasteiger partial charge is 0.480 e. The third-order valence-corrected chi connectivity index (χ3v) is 8.26. The second kappa shape index (κ2) is 13.0. The summed E-state index contributed by atoms with van der Waals surface area (Å²) in [6.07, 6.45) is 0.275. The Labute approximate surface area is 258 Å². The van der Waals surface area contributed by atoms with Crippen molar-refractivity contribution in [3.8, 4) is 23.0 Å². The van der Waals surface area contributed by atoms with E-state index in [9.17, 15) is 29.5 Å². The van der Waals surface area contributed by atoms with E-state index < -0.39 is 35.5 Å². The molecular formula is C33H29N5O5S. The predicted octanol–water partition coefficient (Wildman–Crippen LogP) is 5.34. The van der Waals surface area contributed by atoms with Crippen molar-refractivity contribution in [3.05, 3.63) is 95.7 Å². The smallest absolute Gasteiger partial charge is 0.326 e. The van der Waals surface area contributed by atoms with Crippen LogP contribution in [0.15, 0.2) is 83.8 Å². The first-order valence-electron chi connectivity index (χ1n) is 14.0. The molecule has 1 unspecified atom stereocenters. The number of ketones is 1. The van der Waals surface area contributed by atoms with Crippen LogP contribution in [0, 0.1) is 23.2 Å². The molecular weight excluding hydrogens is 578 g/mol. The molecule has 0 saturated carbocycles. The molecule has 11 heteroatoms. The molecule has 5 rings (SSSR count). The van der Waals surface area contributed by atoms with Gasteiger partial charge in [0.15, 0.2) is 5.92 Å². The van der Waals surface area contributed by atoms with Crippen molar-refractivity contribution in [3.63, 3.8) is 0 Å². The minimum absolute atomic E-state index is 0.00510. The van der Waals surface area contributed by atoms with Crippen molar-refractivity contribution >= 4 is 41.0 Å². The molecule has 3 aromatic carbocycles. The Hall–Kier alpha value is -5.21. The number of thioether (sulfide) groups is 1. The molecule has 0 bridgehead atoms. The number of amides is 2. The summed E-state index contributed by atoms with van der Waals surface area (Å²) in [5, 5.41) is 29.5. The molecule has 1 aromatic heterocycles. The summed E-state index contributed by atoms with van der Waals surface area (Å²) in [6.45, 7) is 3.77. The Morgan fingerprint density at radius 3 is 2.32 bits per heavy atom. The van der Waals surface area contributed by atoms with Crippen molar-refractivity contribution in [1.29, 1.82) is 5.26 Å². The van der Waals surface area contributed by atoms with Gasteiger partial charge in [-0.1, -0.05) is 62.4 Å². The lowest BCUT2D eigenvalue weighted by molar-refractivity contribution is -0.139. The summed E-state index contributed by atoms with van der Waals surface area (Å²) in [5.74, 6) is -4.48. The van der Waals surface area contributed by atoms with Crippen LogP contribution in [-0.2, 0) is 15.3 Å². The van der Waals surface area contributed by atoms with E-state index in [1.807, 2.05) is 50.2 Å². The molecule has 0 saturated heterocycles. The first-order valence-corrected chi connectivity index (χ1v) is 14.9. The molecule has 3 N–H and O–H groups in total. The number of nitrogens with one attached hydrogen (secondary N) is 2. The third-order valence-electron chi connectivity index (χ3n) is 7.10. The number of benzene rings is 3. The van der Waals surface area contributed by atoms with Gasteiger partial charge in [-0.3, -0.25) is 14.4 Å². The fourth-order valence-electron chi connectivity index (χ4n) is 5.06. The number of rotatable bonds is 10. The van der Waals surface area contributed by atoms with Crippen molar-refractivity contribution in [2.45, 2.75) is 37.0 Å². The van der Waals surface area contributed by atoms with E-state index in [4.69, 9.17) is 0 Å². The van der Waals surface area contributed by atoms with Crippen LogP contribution in [0.25, 0.3) is 16.9 Å². The lowest BCUT2D eigenvalue weighted by Gasteiger charge is -2.22. The number of carboxylic acid groups (broad SMARTS) is 1. The highest BCUT2D eigenvalue weighted by Crippen LogP contribution is 2.45. The number of aromatic nitrogens is 2. The molecule has 10 nitrogen and oxygen atoms in total. The fourth-order valence-corrected chi connectivity index (χ4v) is 6.26. The van der Waals surface area contributed by atoms with Crippen molar-refractivity contribution in [2.24, 2.45) is 11.8 Å². The number of hydrogen-bond acceptors (Lipinski definition) is 7. The lowest BCUT2D eigenvalue weighted by Crippen LogP contribution is -2.41. The zero-order valence-electron chi connectivity index (χ0n) is 24.0. The van der Waals surface area contributed by atoms with Crippen LogP contribution in [0.3, 0.4) is 0 Å². The van der Waals surface area contributed by atoms with E-state index in [0.717, 1.165) is 0 Å². The summed E-state index contributed by atoms with van der Waals surface area (Å²) >= 11 is 1.31. The summed E-state index contributed by atoms with van der Waals surface area (Å²) in [4.78, 5) is 52.7. The van der Waals surface area contributed by atoms with Crippen molar-refractivity contribution in [2.75, 3.05) is 5.32 Å². The Balaban J connectivity index is 1.57. The predicted molar refractivity (Wildman–Crippen MR) is 165 cm³/mol. The van der Waals surface area contributed by atoms with Crippen LogP contribution in [0.4, 0.5) is 5.69 Å². The number of aliphatic carboxylic acids is 1. The summed E-state index contributed by atoms with van der Waals surface area (Å²) < 4.78 is 1.59. The Bertz CT molecular complexity index is 1780. The Kier molecular flexibility index (Phi) is 8.92. The zero-order valence-corrected chi connectivity index (χ0v) is 24.8. The van der Waals surface area contributed by atoms with E-state index in [0.29, 0.717) is 38.7 Å². The SMILES string of the molecule is CC(C)C[C@H](NC(=O)c1cccc2c1SCc1c(C(=O)C(C#N)C(=O)Nc3ccccc3)nn(-c3ccccc3)c1-2)C(=O)O. The van der Waals surface area contributed by atoms with Crippen LogP contribution in [0.2, 0.25) is 0 Å². The first kappa shape index (κ1) is 30.3. The van der Waals surface area contributed by atoms with Gasteiger partial charge in [-0.05, 0) is 42.7 Å². The first-order chi connectivity index (χ1) is 21.2. The lowest BCUT2D eigenvalue weighted by atomic mass is 9.96. The maximum Gasteiger partial charge on any atom is 0.326 e. The van der Waals surface area contributed by atoms with E-state index in [2.05, 4.69) is 15.7 Å². The number of fused-ring (bicyclic) bond motifs is 3. The Morgan fingerprint density at radius 2 is 1.68 bits per heavy atom. The zero-order chi connectivity index (χ0) is 31.4. The Morgan fingerprint density at radius 1 is 1.00 bits per heavy atom. The molecule has 222 valence electrons. The van der Waals surface area contributed by atoms with Gasteiger partial charge in [0.25, 0.3) is 5.91 Å². The quantitative estimate of drug-likeness (QED) is 0.161. The van der Waals surface area contributed by atoms with E-state index in [1.54, 1.807) is 53.2 Å². The number of carbonyl (C=O) groups excluding carboxylic acids is 3. The number of anilines is 1. The molecule has 0 spiro atoms. The normalized spacial score (nSPS) is 13.1. The third kappa shape index (κ3) is 6.11. The van der Waals surface area contributed by atoms with Gasteiger partial charge < -0.3 is 15.7 Å². The number of hydrogen-bond donors (Lipinski definition) is 3. The average Bonchev–Trinajstić information content (AvgIpc) is 3.41. The molecule has 0 radical (unpaired) electrons. The molecule has 2 heterocycles. The molecule has 1 aliphatic rings. The van der Waals surface area contributed by atoms with Crippen LogP contribution in [0.5, 0.6) is 0 Å². The molecule has 4 aromatic rings. The fraction of sp³-hybridized carbons (Fsp3) is 0.212. The number of nitriles is 1. The second-order valence-electron chi connectivity index (χ2n) is 10.7. The maximum absolute atomic E-state index is 13.8.